The van der Waals surface area contributed by atoms with Gasteiger partial charge in [0.2, 0.25) is 5.91 Å². The molecule has 0 spiro atoms. The second-order valence-corrected chi connectivity index (χ2v) is 7.35. The minimum absolute atomic E-state index is 0.170. The molecule has 1 amide bonds. The fourth-order valence-corrected chi connectivity index (χ4v) is 5.29. The van der Waals surface area contributed by atoms with Gasteiger partial charge in [0.1, 0.15) is 5.54 Å². The van der Waals surface area contributed by atoms with Crippen LogP contribution in [0.4, 0.5) is 0 Å². The van der Waals surface area contributed by atoms with Crippen LogP contribution < -0.4 is 5.32 Å². The van der Waals surface area contributed by atoms with E-state index in [4.69, 9.17) is 0 Å². The van der Waals surface area contributed by atoms with Crippen LogP contribution in [-0.2, 0) is 4.79 Å². The van der Waals surface area contributed by atoms with Gasteiger partial charge in [0.15, 0.2) is 0 Å². The Kier molecular flexibility index (Phi) is 3.52. The topological polar surface area (TPSA) is 52.9 Å². The fraction of sp³-hybridized carbons (Fsp3) is 0.882. The van der Waals surface area contributed by atoms with Gasteiger partial charge in [0, 0.05) is 5.92 Å². The Morgan fingerprint density at radius 3 is 2.00 bits per heavy atom. The summed E-state index contributed by atoms with van der Waals surface area (Å²) in [5.74, 6) is 3.32. The molecule has 0 aliphatic heterocycles. The van der Waals surface area contributed by atoms with Crippen molar-refractivity contribution in [2.75, 3.05) is 0 Å². The smallest absolute Gasteiger partial charge is 0.224 e. The first-order valence-electron chi connectivity index (χ1n) is 8.34. The lowest BCUT2D eigenvalue weighted by atomic mass is 9.51. The van der Waals surface area contributed by atoms with E-state index in [1.807, 2.05) is 13.8 Å². The summed E-state index contributed by atoms with van der Waals surface area (Å²) < 4.78 is 0. The van der Waals surface area contributed by atoms with E-state index in [2.05, 4.69) is 11.4 Å². The molecule has 0 atom stereocenters. The van der Waals surface area contributed by atoms with Crippen molar-refractivity contribution in [1.82, 2.24) is 5.32 Å². The number of rotatable bonds is 4. The van der Waals surface area contributed by atoms with Crippen LogP contribution in [0.5, 0.6) is 0 Å². The number of hydrogen-bond acceptors (Lipinski definition) is 2. The number of hydrogen-bond donors (Lipinski definition) is 1. The molecule has 0 aromatic heterocycles. The Morgan fingerprint density at radius 2 is 1.60 bits per heavy atom. The Hall–Kier alpha value is -1.04. The van der Waals surface area contributed by atoms with Crippen LogP contribution in [0, 0.1) is 40.9 Å². The van der Waals surface area contributed by atoms with E-state index in [0.717, 1.165) is 11.8 Å². The lowest BCUT2D eigenvalue weighted by Crippen LogP contribution is -2.55. The van der Waals surface area contributed by atoms with Crippen molar-refractivity contribution in [1.29, 1.82) is 5.26 Å². The van der Waals surface area contributed by atoms with Gasteiger partial charge in [-0.15, -0.1) is 0 Å². The Bertz CT molecular complexity index is 405. The average molecular weight is 274 g/mol. The van der Waals surface area contributed by atoms with Gasteiger partial charge in [-0.3, -0.25) is 4.79 Å². The van der Waals surface area contributed by atoms with Gasteiger partial charge in [-0.05, 0) is 68.6 Å². The minimum Gasteiger partial charge on any atom is -0.338 e. The number of nitrogens with one attached hydrogen (secondary N) is 1. The van der Waals surface area contributed by atoms with Crippen LogP contribution in [0.3, 0.4) is 0 Å². The SMILES string of the molecule is CCC(C#N)(CC)NC(=O)C1C2CC3CC(C2)CC1C3. The molecule has 20 heavy (non-hydrogen) atoms. The van der Waals surface area contributed by atoms with E-state index in [0.29, 0.717) is 24.7 Å². The van der Waals surface area contributed by atoms with Gasteiger partial charge in [0.05, 0.1) is 6.07 Å². The molecule has 4 aliphatic rings. The summed E-state index contributed by atoms with van der Waals surface area (Å²) in [6.45, 7) is 3.98. The van der Waals surface area contributed by atoms with Crippen LogP contribution in [0.15, 0.2) is 0 Å². The van der Waals surface area contributed by atoms with Gasteiger partial charge in [-0.25, -0.2) is 0 Å². The first-order valence-corrected chi connectivity index (χ1v) is 8.34. The molecule has 0 aromatic carbocycles. The molecular weight excluding hydrogens is 248 g/mol. The first-order chi connectivity index (χ1) is 9.60. The molecule has 4 rings (SSSR count). The predicted octanol–water partition coefficient (Wildman–Crippen LogP) is 3.26. The molecule has 0 radical (unpaired) electrons. The molecule has 4 aliphatic carbocycles. The highest BCUT2D eigenvalue weighted by Crippen LogP contribution is 2.56. The summed E-state index contributed by atoms with van der Waals surface area (Å²) in [5, 5.41) is 12.5. The van der Waals surface area contributed by atoms with Crippen molar-refractivity contribution in [3.05, 3.63) is 0 Å². The second-order valence-electron chi connectivity index (χ2n) is 7.35. The maximum atomic E-state index is 12.8. The van der Waals surface area contributed by atoms with Crippen LogP contribution in [0.2, 0.25) is 0 Å². The van der Waals surface area contributed by atoms with E-state index in [-0.39, 0.29) is 11.8 Å². The van der Waals surface area contributed by atoms with Gasteiger partial charge in [0.25, 0.3) is 0 Å². The number of amides is 1. The molecule has 4 saturated carbocycles. The molecule has 4 fully saturated rings. The molecule has 4 bridgehead atoms. The summed E-state index contributed by atoms with van der Waals surface area (Å²) in [5.41, 5.74) is -0.647. The van der Waals surface area contributed by atoms with Crippen molar-refractivity contribution in [2.24, 2.45) is 29.6 Å². The van der Waals surface area contributed by atoms with Gasteiger partial charge < -0.3 is 5.32 Å². The molecule has 3 heteroatoms. The lowest BCUT2D eigenvalue weighted by Gasteiger charge is -2.54. The summed E-state index contributed by atoms with van der Waals surface area (Å²) in [4.78, 5) is 12.8. The van der Waals surface area contributed by atoms with E-state index < -0.39 is 5.54 Å². The second kappa shape index (κ2) is 5.06. The van der Waals surface area contributed by atoms with Crippen molar-refractivity contribution >= 4 is 5.91 Å². The number of carbonyl (C=O) groups excluding carboxylic acids is 1. The zero-order chi connectivity index (χ0) is 14.3. The molecule has 0 heterocycles. The first kappa shape index (κ1) is 13.9. The standard InChI is InChI=1S/C17H26N2O/c1-3-17(4-2,10-18)19-16(20)15-13-6-11-5-12(8-13)9-14(15)7-11/h11-15H,3-9H2,1-2H3,(H,19,20). The van der Waals surface area contributed by atoms with Crippen LogP contribution >= 0.6 is 0 Å². The number of nitrogens with zero attached hydrogens (tertiary/aromatic N) is 1. The van der Waals surface area contributed by atoms with Gasteiger partial charge in [-0.1, -0.05) is 13.8 Å². The van der Waals surface area contributed by atoms with E-state index in [1.165, 1.54) is 32.1 Å². The van der Waals surface area contributed by atoms with Gasteiger partial charge in [-0.2, -0.15) is 5.26 Å². The van der Waals surface area contributed by atoms with Crippen LogP contribution in [0.1, 0.15) is 58.8 Å². The van der Waals surface area contributed by atoms with Crippen molar-refractivity contribution in [3.63, 3.8) is 0 Å². The summed E-state index contributed by atoms with van der Waals surface area (Å²) in [7, 11) is 0. The van der Waals surface area contributed by atoms with Crippen molar-refractivity contribution in [2.45, 2.75) is 64.3 Å². The van der Waals surface area contributed by atoms with E-state index in [1.54, 1.807) is 0 Å². The largest absolute Gasteiger partial charge is 0.338 e. The minimum atomic E-state index is -0.647. The highest BCUT2D eigenvalue weighted by molar-refractivity contribution is 5.81. The summed E-state index contributed by atoms with van der Waals surface area (Å²) >= 11 is 0. The van der Waals surface area contributed by atoms with E-state index in [9.17, 15) is 10.1 Å². The molecule has 0 aromatic rings. The predicted molar refractivity (Wildman–Crippen MR) is 77.6 cm³/mol. The third kappa shape index (κ3) is 2.14. The quantitative estimate of drug-likeness (QED) is 0.855. The number of carbonyl (C=O) groups is 1. The molecule has 0 saturated heterocycles. The van der Waals surface area contributed by atoms with Crippen LogP contribution in [-0.4, -0.2) is 11.4 Å². The maximum absolute atomic E-state index is 12.8. The maximum Gasteiger partial charge on any atom is 0.224 e. The highest BCUT2D eigenvalue weighted by Gasteiger charge is 2.51. The lowest BCUT2D eigenvalue weighted by molar-refractivity contribution is -0.139. The highest BCUT2D eigenvalue weighted by atomic mass is 16.2. The number of nitriles is 1. The Morgan fingerprint density at radius 1 is 1.10 bits per heavy atom. The van der Waals surface area contributed by atoms with Crippen LogP contribution in [0.25, 0.3) is 0 Å². The molecular formula is C17H26N2O. The molecule has 3 nitrogen and oxygen atoms in total. The fourth-order valence-electron chi connectivity index (χ4n) is 5.29. The molecule has 0 unspecified atom stereocenters. The van der Waals surface area contributed by atoms with E-state index >= 15 is 0 Å². The zero-order valence-electron chi connectivity index (χ0n) is 12.7. The Labute approximate surface area is 122 Å². The summed E-state index contributed by atoms with van der Waals surface area (Å²) in [6.07, 6.45) is 7.81. The zero-order valence-corrected chi connectivity index (χ0v) is 12.7. The third-order valence-corrected chi connectivity index (χ3v) is 6.31. The summed E-state index contributed by atoms with van der Waals surface area (Å²) in [6, 6.07) is 2.34. The monoisotopic (exact) mass is 274 g/mol. The normalized spacial score (nSPS) is 38.5. The Balaban J connectivity index is 1.73. The molecule has 1 N–H and O–H groups in total. The average Bonchev–Trinajstić information content (AvgIpc) is 2.44. The molecule has 110 valence electrons. The van der Waals surface area contributed by atoms with Gasteiger partial charge >= 0.3 is 0 Å². The third-order valence-electron chi connectivity index (χ3n) is 6.31. The van der Waals surface area contributed by atoms with Crippen molar-refractivity contribution < 1.29 is 4.79 Å². The van der Waals surface area contributed by atoms with Crippen molar-refractivity contribution in [3.8, 4) is 6.07 Å².